The number of thioether (sulfide) groups is 1. The van der Waals surface area contributed by atoms with E-state index in [0.29, 0.717) is 10.1 Å². The highest BCUT2D eigenvalue weighted by Gasteiger charge is 2.28. The van der Waals surface area contributed by atoms with Gasteiger partial charge in [0.1, 0.15) is 0 Å². The molecular weight excluding hydrogens is 292 g/mol. The molecule has 0 saturated heterocycles. The lowest BCUT2D eigenvalue weighted by atomic mass is 10.1. The van der Waals surface area contributed by atoms with Gasteiger partial charge in [0.05, 0.1) is 4.90 Å². The highest BCUT2D eigenvalue weighted by Crippen LogP contribution is 2.29. The molecule has 6 heteroatoms. The molecule has 1 aliphatic heterocycles. The molecule has 0 spiro atoms. The van der Waals surface area contributed by atoms with Gasteiger partial charge in [-0.05, 0) is 48.8 Å². The summed E-state index contributed by atoms with van der Waals surface area (Å²) in [4.78, 5) is 0.396. The van der Waals surface area contributed by atoms with Gasteiger partial charge in [-0.25, -0.2) is 13.1 Å². The normalized spacial score (nSPS) is 25.9. The number of rotatable bonds is 4. The van der Waals surface area contributed by atoms with Crippen molar-refractivity contribution in [3.05, 3.63) is 29.3 Å². The first-order valence-corrected chi connectivity index (χ1v) is 9.73. The third-order valence-electron chi connectivity index (χ3n) is 4.16. The van der Waals surface area contributed by atoms with Crippen molar-refractivity contribution in [3.8, 4) is 0 Å². The van der Waals surface area contributed by atoms with Crippen LogP contribution in [0.2, 0.25) is 0 Å². The Morgan fingerprint density at radius 3 is 2.80 bits per heavy atom. The van der Waals surface area contributed by atoms with Crippen LogP contribution < -0.4 is 10.0 Å². The van der Waals surface area contributed by atoms with E-state index < -0.39 is 10.0 Å². The minimum absolute atomic E-state index is 0.0869. The first-order valence-electron chi connectivity index (χ1n) is 6.96. The lowest BCUT2D eigenvalue weighted by Crippen LogP contribution is -2.33. The van der Waals surface area contributed by atoms with Crippen LogP contribution in [0.3, 0.4) is 0 Å². The van der Waals surface area contributed by atoms with Gasteiger partial charge in [-0.2, -0.15) is 11.8 Å². The molecule has 2 N–H and O–H groups in total. The largest absolute Gasteiger partial charge is 0.309 e. The van der Waals surface area contributed by atoms with Gasteiger partial charge in [0.2, 0.25) is 10.0 Å². The van der Waals surface area contributed by atoms with Crippen molar-refractivity contribution in [3.63, 3.8) is 0 Å². The fourth-order valence-corrected chi connectivity index (χ4v) is 5.12. The van der Waals surface area contributed by atoms with E-state index in [0.717, 1.165) is 37.9 Å². The Morgan fingerprint density at radius 2 is 2.05 bits per heavy atom. The second kappa shape index (κ2) is 5.67. The van der Waals surface area contributed by atoms with Crippen LogP contribution in [0, 0.1) is 0 Å². The molecule has 2 unspecified atom stereocenters. The Kier molecular flexibility index (Phi) is 4.08. The molecule has 3 rings (SSSR count). The smallest absolute Gasteiger partial charge is 0.240 e. The molecule has 0 radical (unpaired) electrons. The van der Waals surface area contributed by atoms with E-state index in [1.54, 1.807) is 12.1 Å². The number of nitrogens with one attached hydrogen (secondary N) is 2. The van der Waals surface area contributed by atoms with Gasteiger partial charge in [0.25, 0.3) is 0 Å². The topological polar surface area (TPSA) is 58.2 Å². The first-order chi connectivity index (χ1) is 9.58. The average molecular weight is 312 g/mol. The summed E-state index contributed by atoms with van der Waals surface area (Å²) in [6.07, 6.45) is 5.07. The molecule has 20 heavy (non-hydrogen) atoms. The van der Waals surface area contributed by atoms with E-state index in [1.807, 2.05) is 17.8 Å². The number of benzene rings is 1. The van der Waals surface area contributed by atoms with Gasteiger partial charge in [0.15, 0.2) is 0 Å². The number of sulfonamides is 1. The first kappa shape index (κ1) is 14.4. The fraction of sp³-hybridized carbons (Fsp3) is 0.571. The van der Waals surface area contributed by atoms with Crippen molar-refractivity contribution in [2.75, 3.05) is 6.26 Å². The quantitative estimate of drug-likeness (QED) is 0.891. The molecule has 0 aromatic heterocycles. The SMILES string of the molecule is CSC1CCC(NS(=O)(=O)c2ccc3c(c2)CNC3)C1. The third kappa shape index (κ3) is 2.88. The van der Waals surface area contributed by atoms with Crippen molar-refractivity contribution in [2.24, 2.45) is 0 Å². The lowest BCUT2D eigenvalue weighted by molar-refractivity contribution is 0.552. The molecule has 1 aromatic carbocycles. The summed E-state index contributed by atoms with van der Waals surface area (Å²) in [6.45, 7) is 1.60. The van der Waals surface area contributed by atoms with Crippen LogP contribution in [0.15, 0.2) is 23.1 Å². The molecule has 2 atom stereocenters. The number of fused-ring (bicyclic) bond motifs is 1. The Labute approximate surface area is 124 Å². The lowest BCUT2D eigenvalue weighted by Gasteiger charge is -2.14. The van der Waals surface area contributed by atoms with Gasteiger partial charge in [0, 0.05) is 24.4 Å². The van der Waals surface area contributed by atoms with Crippen molar-refractivity contribution >= 4 is 21.8 Å². The summed E-state index contributed by atoms with van der Waals surface area (Å²) >= 11 is 1.83. The van der Waals surface area contributed by atoms with Gasteiger partial charge >= 0.3 is 0 Å². The summed E-state index contributed by atoms with van der Waals surface area (Å²) in [5, 5.41) is 3.82. The molecule has 4 nitrogen and oxygen atoms in total. The fourth-order valence-electron chi connectivity index (χ4n) is 2.99. The molecule has 1 aliphatic carbocycles. The van der Waals surface area contributed by atoms with Crippen LogP contribution in [-0.4, -0.2) is 26.0 Å². The Morgan fingerprint density at radius 1 is 1.25 bits per heavy atom. The van der Waals surface area contributed by atoms with E-state index in [1.165, 1.54) is 5.56 Å². The maximum atomic E-state index is 12.4. The van der Waals surface area contributed by atoms with Gasteiger partial charge in [-0.1, -0.05) is 6.07 Å². The van der Waals surface area contributed by atoms with Crippen LogP contribution in [-0.2, 0) is 23.1 Å². The van der Waals surface area contributed by atoms with Crippen molar-refractivity contribution in [1.29, 1.82) is 0 Å². The minimum Gasteiger partial charge on any atom is -0.309 e. The van der Waals surface area contributed by atoms with Crippen LogP contribution in [0.4, 0.5) is 0 Å². The van der Waals surface area contributed by atoms with Crippen molar-refractivity contribution < 1.29 is 8.42 Å². The zero-order valence-corrected chi connectivity index (χ0v) is 13.2. The Hall–Kier alpha value is -0.560. The molecule has 0 amide bonds. The zero-order chi connectivity index (χ0) is 14.2. The van der Waals surface area contributed by atoms with Crippen LogP contribution in [0.1, 0.15) is 30.4 Å². The predicted octanol–water partition coefficient (Wildman–Crippen LogP) is 1.85. The summed E-state index contributed by atoms with van der Waals surface area (Å²) < 4.78 is 27.8. The van der Waals surface area contributed by atoms with Crippen LogP contribution in [0.5, 0.6) is 0 Å². The van der Waals surface area contributed by atoms with Gasteiger partial charge in [-0.15, -0.1) is 0 Å². The second-order valence-electron chi connectivity index (χ2n) is 5.52. The standard InChI is InChI=1S/C14H20N2O2S2/c1-19-13-4-3-12(7-13)16-20(17,18)14-5-2-10-8-15-9-11(10)6-14/h2,5-6,12-13,15-16H,3-4,7-9H2,1H3. The van der Waals surface area contributed by atoms with Crippen LogP contribution in [0.25, 0.3) is 0 Å². The molecule has 0 bridgehead atoms. The maximum absolute atomic E-state index is 12.4. The van der Waals surface area contributed by atoms with E-state index >= 15 is 0 Å². The van der Waals surface area contributed by atoms with E-state index in [4.69, 9.17) is 0 Å². The highest BCUT2D eigenvalue weighted by atomic mass is 32.2. The van der Waals surface area contributed by atoms with E-state index in [9.17, 15) is 8.42 Å². The monoisotopic (exact) mass is 312 g/mol. The zero-order valence-electron chi connectivity index (χ0n) is 11.6. The second-order valence-corrected chi connectivity index (χ2v) is 8.38. The number of hydrogen-bond acceptors (Lipinski definition) is 4. The van der Waals surface area contributed by atoms with Crippen molar-refractivity contribution in [2.45, 2.75) is 48.5 Å². The highest BCUT2D eigenvalue weighted by molar-refractivity contribution is 7.99. The molecular formula is C14H20N2O2S2. The minimum atomic E-state index is -3.38. The summed E-state index contributed by atoms with van der Waals surface area (Å²) in [6, 6.07) is 5.53. The molecule has 1 aromatic rings. The summed E-state index contributed by atoms with van der Waals surface area (Å²) in [7, 11) is -3.38. The Balaban J connectivity index is 1.75. The van der Waals surface area contributed by atoms with Crippen LogP contribution >= 0.6 is 11.8 Å². The number of hydrogen-bond donors (Lipinski definition) is 2. The van der Waals surface area contributed by atoms with E-state index in [2.05, 4.69) is 16.3 Å². The molecule has 1 saturated carbocycles. The van der Waals surface area contributed by atoms with Gasteiger partial charge in [-0.3, -0.25) is 0 Å². The Bertz CT molecular complexity index is 601. The third-order valence-corrected chi connectivity index (χ3v) is 6.77. The molecule has 2 aliphatic rings. The van der Waals surface area contributed by atoms with Crippen molar-refractivity contribution in [1.82, 2.24) is 10.0 Å². The average Bonchev–Trinajstić information content (AvgIpc) is 3.05. The molecule has 1 fully saturated rings. The summed E-state index contributed by atoms with van der Waals surface area (Å²) in [5.74, 6) is 0. The summed E-state index contributed by atoms with van der Waals surface area (Å²) in [5.41, 5.74) is 2.30. The molecule has 1 heterocycles. The molecule has 110 valence electrons. The predicted molar refractivity (Wildman–Crippen MR) is 82.2 cm³/mol. The van der Waals surface area contributed by atoms with E-state index in [-0.39, 0.29) is 6.04 Å². The maximum Gasteiger partial charge on any atom is 0.240 e. The van der Waals surface area contributed by atoms with Gasteiger partial charge < -0.3 is 5.32 Å².